The van der Waals surface area contributed by atoms with Gasteiger partial charge < -0.3 is 10.5 Å². The maximum absolute atomic E-state index is 5.93. The Morgan fingerprint density at radius 1 is 1.50 bits per heavy atom. The molecule has 0 bridgehead atoms. The summed E-state index contributed by atoms with van der Waals surface area (Å²) >= 11 is 4.74. The van der Waals surface area contributed by atoms with E-state index in [2.05, 4.69) is 35.7 Å². The third-order valence-electron chi connectivity index (χ3n) is 3.60. The molecule has 0 fully saturated rings. The van der Waals surface area contributed by atoms with Gasteiger partial charge in [0.25, 0.3) is 0 Å². The summed E-state index contributed by atoms with van der Waals surface area (Å²) in [7, 11) is 0. The van der Waals surface area contributed by atoms with Crippen LogP contribution in [0.2, 0.25) is 0 Å². The minimum Gasteiger partial charge on any atom is -0.493 e. The molecule has 22 heavy (non-hydrogen) atoms. The van der Waals surface area contributed by atoms with E-state index in [4.69, 9.17) is 22.7 Å². The van der Waals surface area contributed by atoms with E-state index < -0.39 is 0 Å². The number of hydrogen-bond acceptors (Lipinski definition) is 3. The van der Waals surface area contributed by atoms with Crippen molar-refractivity contribution in [2.24, 2.45) is 16.8 Å². The van der Waals surface area contributed by atoms with E-state index in [9.17, 15) is 0 Å². The molecule has 1 aliphatic carbocycles. The van der Waals surface area contributed by atoms with Crippen molar-refractivity contribution in [3.8, 4) is 5.75 Å². The van der Waals surface area contributed by atoms with Gasteiger partial charge in [-0.05, 0) is 44.6 Å². The van der Waals surface area contributed by atoms with E-state index in [0.717, 1.165) is 23.4 Å². The maximum Gasteiger partial charge on any atom is 0.184 e. The molecule has 0 heterocycles. The standard InChI is InChI=1S/C17H21N3OS/c1-12-6-3-4-7-15(12)11-21-16-9-5-8-14(10-16)13(2)19-20-17(18)22/h3-6,8-10,15H,7,11H2,1-2H3,(H3,18,20,22)/b19-13-. The predicted octanol–water partition coefficient (Wildman–Crippen LogP) is 3.15. The number of benzene rings is 1. The van der Waals surface area contributed by atoms with Crippen LogP contribution in [-0.4, -0.2) is 17.4 Å². The molecule has 2 rings (SSSR count). The monoisotopic (exact) mass is 315 g/mol. The molecular formula is C17H21N3OS. The molecule has 1 aromatic rings. The molecule has 4 nitrogen and oxygen atoms in total. The summed E-state index contributed by atoms with van der Waals surface area (Å²) < 4.78 is 5.93. The zero-order valence-corrected chi connectivity index (χ0v) is 13.7. The zero-order chi connectivity index (χ0) is 15.9. The van der Waals surface area contributed by atoms with Gasteiger partial charge in [-0.2, -0.15) is 5.10 Å². The molecule has 0 radical (unpaired) electrons. The zero-order valence-electron chi connectivity index (χ0n) is 12.9. The topological polar surface area (TPSA) is 59.6 Å². The molecule has 5 heteroatoms. The largest absolute Gasteiger partial charge is 0.493 e. The number of nitrogens with two attached hydrogens (primary N) is 1. The van der Waals surface area contributed by atoms with Crippen molar-refractivity contribution in [3.63, 3.8) is 0 Å². The van der Waals surface area contributed by atoms with Gasteiger partial charge in [0, 0.05) is 11.5 Å². The summed E-state index contributed by atoms with van der Waals surface area (Å²) in [6, 6.07) is 7.85. The van der Waals surface area contributed by atoms with Crippen molar-refractivity contribution in [2.45, 2.75) is 20.3 Å². The van der Waals surface area contributed by atoms with Crippen LogP contribution in [0.15, 0.2) is 53.2 Å². The molecule has 1 unspecified atom stereocenters. The lowest BCUT2D eigenvalue weighted by atomic mass is 9.94. The Morgan fingerprint density at radius 3 is 3.05 bits per heavy atom. The van der Waals surface area contributed by atoms with Gasteiger partial charge in [0.1, 0.15) is 5.75 Å². The lowest BCUT2D eigenvalue weighted by Crippen LogP contribution is -2.25. The fourth-order valence-corrected chi connectivity index (χ4v) is 2.24. The molecule has 0 aromatic heterocycles. The molecular weight excluding hydrogens is 294 g/mol. The first kappa shape index (κ1) is 16.2. The van der Waals surface area contributed by atoms with Crippen LogP contribution in [0, 0.1) is 5.92 Å². The molecule has 3 N–H and O–H groups in total. The van der Waals surface area contributed by atoms with Crippen molar-refractivity contribution < 1.29 is 4.74 Å². The van der Waals surface area contributed by atoms with Gasteiger partial charge in [-0.25, -0.2) is 0 Å². The molecule has 1 atom stereocenters. The van der Waals surface area contributed by atoms with Crippen LogP contribution < -0.4 is 15.9 Å². The van der Waals surface area contributed by atoms with Gasteiger partial charge >= 0.3 is 0 Å². The summed E-state index contributed by atoms with van der Waals surface area (Å²) in [5.74, 6) is 1.28. The van der Waals surface area contributed by atoms with Crippen molar-refractivity contribution >= 4 is 23.0 Å². The number of allylic oxidation sites excluding steroid dienone is 3. The first-order valence-electron chi connectivity index (χ1n) is 7.22. The lowest BCUT2D eigenvalue weighted by Gasteiger charge is -2.19. The molecule has 1 aromatic carbocycles. The third-order valence-corrected chi connectivity index (χ3v) is 3.69. The van der Waals surface area contributed by atoms with Gasteiger partial charge in [0.15, 0.2) is 5.11 Å². The van der Waals surface area contributed by atoms with E-state index >= 15 is 0 Å². The molecule has 0 saturated carbocycles. The Bertz CT molecular complexity index is 635. The van der Waals surface area contributed by atoms with Crippen LogP contribution >= 0.6 is 12.2 Å². The number of nitrogens with zero attached hydrogens (tertiary/aromatic N) is 1. The summed E-state index contributed by atoms with van der Waals surface area (Å²) in [6.07, 6.45) is 7.45. The summed E-state index contributed by atoms with van der Waals surface area (Å²) in [4.78, 5) is 0. The van der Waals surface area contributed by atoms with Crippen LogP contribution in [-0.2, 0) is 0 Å². The second-order valence-electron chi connectivity index (χ2n) is 5.28. The van der Waals surface area contributed by atoms with Gasteiger partial charge in [0.2, 0.25) is 0 Å². The number of hydrazone groups is 1. The molecule has 0 amide bonds. The van der Waals surface area contributed by atoms with Gasteiger partial charge in [0.05, 0.1) is 12.3 Å². The first-order valence-corrected chi connectivity index (χ1v) is 7.63. The smallest absolute Gasteiger partial charge is 0.184 e. The Balaban J connectivity index is 1.99. The van der Waals surface area contributed by atoms with Crippen LogP contribution in [0.4, 0.5) is 0 Å². The summed E-state index contributed by atoms with van der Waals surface area (Å²) in [6.45, 7) is 4.72. The highest BCUT2D eigenvalue weighted by molar-refractivity contribution is 7.80. The number of hydrogen-bond donors (Lipinski definition) is 2. The second kappa shape index (κ2) is 7.75. The number of nitrogens with one attached hydrogen (secondary N) is 1. The number of ether oxygens (including phenoxy) is 1. The van der Waals surface area contributed by atoms with Crippen LogP contribution in [0.1, 0.15) is 25.8 Å². The van der Waals surface area contributed by atoms with Crippen molar-refractivity contribution in [1.29, 1.82) is 0 Å². The van der Waals surface area contributed by atoms with E-state index in [1.807, 2.05) is 31.2 Å². The van der Waals surface area contributed by atoms with Crippen LogP contribution in [0.25, 0.3) is 0 Å². The summed E-state index contributed by atoms with van der Waals surface area (Å²) in [5.41, 5.74) is 11.1. The van der Waals surface area contributed by atoms with E-state index in [1.54, 1.807) is 0 Å². The molecule has 0 spiro atoms. The average Bonchev–Trinajstić information content (AvgIpc) is 2.52. The van der Waals surface area contributed by atoms with Crippen LogP contribution in [0.5, 0.6) is 5.75 Å². The van der Waals surface area contributed by atoms with Crippen LogP contribution in [0.3, 0.4) is 0 Å². The highest BCUT2D eigenvalue weighted by Crippen LogP contribution is 2.22. The van der Waals surface area contributed by atoms with Crippen molar-refractivity contribution in [1.82, 2.24) is 5.43 Å². The first-order chi connectivity index (χ1) is 10.6. The SMILES string of the molecule is CC1=CC=CCC1COc1cccc(/C(C)=N\NC(N)=S)c1. The van der Waals surface area contributed by atoms with Crippen molar-refractivity contribution in [2.75, 3.05) is 6.61 Å². The quantitative estimate of drug-likeness (QED) is 0.498. The van der Waals surface area contributed by atoms with Crippen molar-refractivity contribution in [3.05, 3.63) is 53.6 Å². The van der Waals surface area contributed by atoms with Gasteiger partial charge in [-0.15, -0.1) is 0 Å². The number of rotatable bonds is 5. The Hall–Kier alpha value is -2.14. The normalized spacial score (nSPS) is 17.8. The average molecular weight is 315 g/mol. The van der Waals surface area contributed by atoms with Gasteiger partial charge in [-0.1, -0.05) is 35.9 Å². The van der Waals surface area contributed by atoms with E-state index in [-0.39, 0.29) is 5.11 Å². The number of thiocarbonyl (C=S) groups is 1. The van der Waals surface area contributed by atoms with Gasteiger partial charge in [-0.3, -0.25) is 5.43 Å². The molecule has 116 valence electrons. The lowest BCUT2D eigenvalue weighted by molar-refractivity contribution is 0.269. The fraction of sp³-hybridized carbons (Fsp3) is 0.294. The minimum atomic E-state index is 0.152. The molecule has 1 aliphatic rings. The maximum atomic E-state index is 5.93. The highest BCUT2D eigenvalue weighted by Gasteiger charge is 2.12. The fourth-order valence-electron chi connectivity index (χ4n) is 2.20. The van der Waals surface area contributed by atoms with E-state index in [1.165, 1.54) is 5.57 Å². The Labute approximate surface area is 136 Å². The Kier molecular flexibility index (Phi) is 5.72. The minimum absolute atomic E-state index is 0.152. The Morgan fingerprint density at radius 2 is 2.32 bits per heavy atom. The summed E-state index contributed by atoms with van der Waals surface area (Å²) in [5, 5.41) is 4.28. The second-order valence-corrected chi connectivity index (χ2v) is 5.72. The third kappa shape index (κ3) is 4.70. The van der Waals surface area contributed by atoms with E-state index in [0.29, 0.717) is 12.5 Å². The molecule has 0 aliphatic heterocycles. The molecule has 0 saturated heterocycles. The highest BCUT2D eigenvalue weighted by atomic mass is 32.1. The predicted molar refractivity (Wildman–Crippen MR) is 95.1 cm³/mol.